The van der Waals surface area contributed by atoms with E-state index in [9.17, 15) is 0 Å². The molecule has 0 amide bonds. The van der Waals surface area contributed by atoms with Crippen molar-refractivity contribution in [1.29, 1.82) is 0 Å². The lowest BCUT2D eigenvalue weighted by Gasteiger charge is -2.40. The smallest absolute Gasteiger partial charge is 0.0824 e. The summed E-state index contributed by atoms with van der Waals surface area (Å²) >= 11 is 0. The second kappa shape index (κ2) is 4.40. The van der Waals surface area contributed by atoms with Gasteiger partial charge in [0.15, 0.2) is 0 Å². The van der Waals surface area contributed by atoms with Gasteiger partial charge in [-0.05, 0) is 31.8 Å². The van der Waals surface area contributed by atoms with Gasteiger partial charge in [0.1, 0.15) is 0 Å². The highest BCUT2D eigenvalue weighted by molar-refractivity contribution is 4.83. The molecule has 0 atom stereocenters. The molecule has 0 bridgehead atoms. The highest BCUT2D eigenvalue weighted by Gasteiger charge is 2.28. The van der Waals surface area contributed by atoms with Crippen LogP contribution in [-0.4, -0.2) is 50.8 Å². The Morgan fingerprint density at radius 1 is 1.31 bits per heavy atom. The molecule has 3 nitrogen and oxygen atoms in total. The number of nitrogens with one attached hydrogen (secondary N) is 1. The van der Waals surface area contributed by atoms with Crippen LogP contribution < -0.4 is 5.32 Å². The lowest BCUT2D eigenvalue weighted by Crippen LogP contribution is -2.53. The van der Waals surface area contributed by atoms with Crippen LogP contribution in [0.3, 0.4) is 0 Å². The fourth-order valence-electron chi connectivity index (χ4n) is 2.25. The summed E-state index contributed by atoms with van der Waals surface area (Å²) in [6, 6.07) is 0. The van der Waals surface area contributed by atoms with Gasteiger partial charge >= 0.3 is 0 Å². The van der Waals surface area contributed by atoms with Crippen LogP contribution >= 0.6 is 0 Å². The largest absolute Gasteiger partial charge is 0.379 e. The van der Waals surface area contributed by atoms with Crippen molar-refractivity contribution in [2.45, 2.75) is 18.9 Å². The molecule has 0 saturated carbocycles. The monoisotopic (exact) mass is 184 g/mol. The first-order valence-electron chi connectivity index (χ1n) is 5.34. The van der Waals surface area contributed by atoms with Crippen molar-refractivity contribution >= 4 is 0 Å². The second-order valence-corrected chi connectivity index (χ2v) is 4.27. The number of rotatable bonds is 3. The van der Waals surface area contributed by atoms with Crippen molar-refractivity contribution < 1.29 is 4.74 Å². The zero-order valence-corrected chi connectivity index (χ0v) is 8.46. The first-order chi connectivity index (χ1) is 6.38. The van der Waals surface area contributed by atoms with Crippen LogP contribution in [0.4, 0.5) is 0 Å². The normalized spacial score (nSPS) is 27.5. The van der Waals surface area contributed by atoms with Crippen LogP contribution in [0.1, 0.15) is 12.8 Å². The van der Waals surface area contributed by atoms with Gasteiger partial charge in [-0.1, -0.05) is 0 Å². The van der Waals surface area contributed by atoms with E-state index in [1.54, 1.807) is 0 Å². The third-order valence-electron chi connectivity index (χ3n) is 3.23. The first-order valence-corrected chi connectivity index (χ1v) is 5.34. The number of hydrogen-bond acceptors (Lipinski definition) is 3. The Bertz CT molecular complexity index is 151. The summed E-state index contributed by atoms with van der Waals surface area (Å²) in [4.78, 5) is 2.52. The van der Waals surface area contributed by atoms with Gasteiger partial charge in [0.05, 0.1) is 6.10 Å². The Balaban J connectivity index is 1.62. The van der Waals surface area contributed by atoms with Gasteiger partial charge < -0.3 is 10.1 Å². The van der Waals surface area contributed by atoms with Crippen molar-refractivity contribution in [1.82, 2.24) is 10.2 Å². The van der Waals surface area contributed by atoms with E-state index in [4.69, 9.17) is 4.74 Å². The van der Waals surface area contributed by atoms with Crippen LogP contribution in [0, 0.1) is 5.92 Å². The minimum atomic E-state index is 0.515. The van der Waals surface area contributed by atoms with Crippen molar-refractivity contribution in [2.75, 3.05) is 39.8 Å². The van der Waals surface area contributed by atoms with E-state index >= 15 is 0 Å². The van der Waals surface area contributed by atoms with E-state index in [0.29, 0.717) is 6.10 Å². The van der Waals surface area contributed by atoms with Gasteiger partial charge in [-0.25, -0.2) is 0 Å². The minimum absolute atomic E-state index is 0.515. The molecular weight excluding hydrogens is 164 g/mol. The molecular formula is C10H20N2O. The highest BCUT2D eigenvalue weighted by atomic mass is 16.5. The maximum atomic E-state index is 5.25. The van der Waals surface area contributed by atoms with Crippen LogP contribution in [0.15, 0.2) is 0 Å². The summed E-state index contributed by atoms with van der Waals surface area (Å²) in [5, 5.41) is 3.40. The number of nitrogens with zero attached hydrogens (tertiary/aromatic N) is 1. The van der Waals surface area contributed by atoms with E-state index < -0.39 is 0 Å². The van der Waals surface area contributed by atoms with Gasteiger partial charge in [-0.15, -0.1) is 0 Å². The number of piperidine rings is 1. The van der Waals surface area contributed by atoms with Crippen molar-refractivity contribution in [3.63, 3.8) is 0 Å². The molecule has 3 heteroatoms. The summed E-state index contributed by atoms with van der Waals surface area (Å²) < 4.78 is 5.25. The third-order valence-corrected chi connectivity index (χ3v) is 3.23. The maximum absolute atomic E-state index is 5.25. The Hall–Kier alpha value is -0.120. The van der Waals surface area contributed by atoms with Gasteiger partial charge in [0.2, 0.25) is 0 Å². The van der Waals surface area contributed by atoms with E-state index in [1.807, 2.05) is 7.11 Å². The Labute approximate surface area is 80.4 Å². The SMILES string of the molecule is COC1CN(CC2CCNCC2)C1. The van der Waals surface area contributed by atoms with E-state index in [2.05, 4.69) is 10.2 Å². The van der Waals surface area contributed by atoms with Crippen molar-refractivity contribution in [3.8, 4) is 0 Å². The topological polar surface area (TPSA) is 24.5 Å². The molecule has 76 valence electrons. The molecule has 0 aromatic heterocycles. The average Bonchev–Trinajstić information content (AvgIpc) is 2.12. The number of likely N-dealkylation sites (tertiary alicyclic amines) is 1. The van der Waals surface area contributed by atoms with Gasteiger partial charge in [0.25, 0.3) is 0 Å². The summed E-state index contributed by atoms with van der Waals surface area (Å²) in [5.41, 5.74) is 0. The molecule has 0 aromatic carbocycles. The average molecular weight is 184 g/mol. The molecule has 13 heavy (non-hydrogen) atoms. The highest BCUT2D eigenvalue weighted by Crippen LogP contribution is 2.18. The summed E-state index contributed by atoms with van der Waals surface area (Å²) in [5.74, 6) is 0.930. The van der Waals surface area contributed by atoms with Crippen LogP contribution in [0.25, 0.3) is 0 Å². The molecule has 0 radical (unpaired) electrons. The molecule has 2 fully saturated rings. The lowest BCUT2D eigenvalue weighted by atomic mass is 9.96. The Morgan fingerprint density at radius 2 is 2.00 bits per heavy atom. The van der Waals surface area contributed by atoms with Crippen LogP contribution in [-0.2, 0) is 4.74 Å². The standard InChI is InChI=1S/C10H20N2O/c1-13-10-7-12(8-10)6-9-2-4-11-5-3-9/h9-11H,2-8H2,1H3. The first kappa shape index (κ1) is 9.44. The van der Waals surface area contributed by atoms with Crippen LogP contribution in [0.2, 0.25) is 0 Å². The molecule has 0 spiro atoms. The van der Waals surface area contributed by atoms with Gasteiger partial charge in [-0.3, -0.25) is 4.90 Å². The number of ether oxygens (including phenoxy) is 1. The van der Waals surface area contributed by atoms with E-state index in [-0.39, 0.29) is 0 Å². The molecule has 2 aliphatic rings. The summed E-state index contributed by atoms with van der Waals surface area (Å²) in [6.45, 7) is 6.03. The number of methoxy groups -OCH3 is 1. The Morgan fingerprint density at radius 3 is 2.62 bits per heavy atom. The van der Waals surface area contributed by atoms with Gasteiger partial charge in [-0.2, -0.15) is 0 Å². The third kappa shape index (κ3) is 2.42. The molecule has 0 aliphatic carbocycles. The van der Waals surface area contributed by atoms with Crippen LogP contribution in [0.5, 0.6) is 0 Å². The fraction of sp³-hybridized carbons (Fsp3) is 1.00. The quantitative estimate of drug-likeness (QED) is 0.683. The Kier molecular flexibility index (Phi) is 3.19. The molecule has 2 heterocycles. The summed E-state index contributed by atoms with van der Waals surface area (Å²) in [7, 11) is 1.81. The zero-order chi connectivity index (χ0) is 9.10. The summed E-state index contributed by atoms with van der Waals surface area (Å²) in [6.07, 6.45) is 3.23. The van der Waals surface area contributed by atoms with Gasteiger partial charge in [0, 0.05) is 26.7 Å². The molecule has 2 saturated heterocycles. The predicted octanol–water partition coefficient (Wildman–Crippen LogP) is 0.317. The fourth-order valence-corrected chi connectivity index (χ4v) is 2.25. The van der Waals surface area contributed by atoms with E-state index in [1.165, 1.54) is 32.5 Å². The number of hydrogen-bond donors (Lipinski definition) is 1. The molecule has 1 N–H and O–H groups in total. The molecule has 0 aromatic rings. The van der Waals surface area contributed by atoms with Crippen molar-refractivity contribution in [3.05, 3.63) is 0 Å². The molecule has 2 aliphatic heterocycles. The van der Waals surface area contributed by atoms with E-state index in [0.717, 1.165) is 19.0 Å². The minimum Gasteiger partial charge on any atom is -0.379 e. The lowest BCUT2D eigenvalue weighted by molar-refractivity contribution is -0.0373. The molecule has 2 rings (SSSR count). The zero-order valence-electron chi connectivity index (χ0n) is 8.46. The molecule has 0 unspecified atom stereocenters. The maximum Gasteiger partial charge on any atom is 0.0824 e. The van der Waals surface area contributed by atoms with Crippen molar-refractivity contribution in [2.24, 2.45) is 5.92 Å². The predicted molar refractivity (Wildman–Crippen MR) is 52.8 cm³/mol. The second-order valence-electron chi connectivity index (χ2n) is 4.27.